The molecular formula is C14H14F3NO4S. The molecule has 1 aromatic rings. The van der Waals surface area contributed by atoms with Gasteiger partial charge in [0.1, 0.15) is 5.25 Å². The molecule has 1 atom stereocenters. The van der Waals surface area contributed by atoms with Gasteiger partial charge < -0.3 is 5.11 Å². The predicted octanol–water partition coefficient (Wildman–Crippen LogP) is 3.01. The van der Waals surface area contributed by atoms with Gasteiger partial charge in [-0.2, -0.15) is 13.2 Å². The van der Waals surface area contributed by atoms with E-state index in [1.165, 1.54) is 12.1 Å². The van der Waals surface area contributed by atoms with Crippen molar-refractivity contribution < 1.29 is 31.5 Å². The number of allylic oxidation sites excluding steroid dienone is 1. The lowest BCUT2D eigenvalue weighted by molar-refractivity contribution is -0.137. The zero-order chi connectivity index (χ0) is 17.3. The van der Waals surface area contributed by atoms with Crippen LogP contribution < -0.4 is 4.72 Å². The fraction of sp³-hybridized carbons (Fsp3) is 0.357. The third-order valence-corrected chi connectivity index (χ3v) is 5.23. The van der Waals surface area contributed by atoms with Crippen LogP contribution in [0.15, 0.2) is 35.9 Å². The standard InChI is InChI=1S/C14H14F3NO4S/c15-14(16,17)10-6-2-3-7-11(10)18-23(21,22)12-8-4-1-5-9(12)13(19)20/h2-3,5-7,12,18H,1,4,8H2,(H,19,20). The number of hydrogen-bond acceptors (Lipinski definition) is 3. The molecule has 1 aliphatic carbocycles. The molecule has 0 aromatic heterocycles. The van der Waals surface area contributed by atoms with E-state index in [4.69, 9.17) is 5.11 Å². The third-order valence-electron chi connectivity index (χ3n) is 3.49. The van der Waals surface area contributed by atoms with Crippen molar-refractivity contribution >= 4 is 21.7 Å². The Labute approximate surface area is 130 Å². The molecule has 0 heterocycles. The Hall–Kier alpha value is -2.03. The monoisotopic (exact) mass is 349 g/mol. The van der Waals surface area contributed by atoms with Crippen molar-refractivity contribution in [1.82, 2.24) is 0 Å². The highest BCUT2D eigenvalue weighted by molar-refractivity contribution is 7.93. The van der Waals surface area contributed by atoms with Gasteiger partial charge in [-0.1, -0.05) is 18.2 Å². The molecule has 0 bridgehead atoms. The van der Waals surface area contributed by atoms with E-state index in [-0.39, 0.29) is 12.0 Å². The SMILES string of the molecule is O=C(O)C1=CCCCC1S(=O)(=O)Nc1ccccc1C(F)(F)F. The van der Waals surface area contributed by atoms with Crippen LogP contribution in [-0.2, 0) is 21.0 Å². The second-order valence-corrected chi connectivity index (χ2v) is 6.94. The van der Waals surface area contributed by atoms with E-state index in [0.717, 1.165) is 18.2 Å². The third kappa shape index (κ3) is 3.84. The number of carboxylic acid groups (broad SMARTS) is 1. The number of halogens is 3. The fourth-order valence-corrected chi connectivity index (χ4v) is 4.07. The molecule has 2 rings (SSSR count). The van der Waals surface area contributed by atoms with E-state index < -0.39 is 38.7 Å². The first-order chi connectivity index (χ1) is 10.6. The Kier molecular flexibility index (Phi) is 4.69. The van der Waals surface area contributed by atoms with Crippen LogP contribution in [0.25, 0.3) is 0 Å². The Morgan fingerprint density at radius 3 is 2.52 bits per heavy atom. The van der Waals surface area contributed by atoms with E-state index in [1.807, 2.05) is 4.72 Å². The minimum Gasteiger partial charge on any atom is -0.478 e. The smallest absolute Gasteiger partial charge is 0.418 e. The van der Waals surface area contributed by atoms with Crippen molar-refractivity contribution in [2.75, 3.05) is 4.72 Å². The van der Waals surface area contributed by atoms with Gasteiger partial charge in [0.15, 0.2) is 0 Å². The van der Waals surface area contributed by atoms with Crippen molar-refractivity contribution in [1.29, 1.82) is 0 Å². The molecule has 5 nitrogen and oxygen atoms in total. The van der Waals surface area contributed by atoms with Gasteiger partial charge >= 0.3 is 12.1 Å². The average molecular weight is 349 g/mol. The number of sulfonamides is 1. The van der Waals surface area contributed by atoms with Gasteiger partial charge in [-0.15, -0.1) is 0 Å². The number of nitrogens with one attached hydrogen (secondary N) is 1. The van der Waals surface area contributed by atoms with E-state index >= 15 is 0 Å². The molecule has 0 aliphatic heterocycles. The van der Waals surface area contributed by atoms with E-state index in [9.17, 15) is 26.4 Å². The number of rotatable bonds is 4. The zero-order valence-electron chi connectivity index (χ0n) is 11.8. The topological polar surface area (TPSA) is 83.5 Å². The highest BCUT2D eigenvalue weighted by Crippen LogP contribution is 2.36. The van der Waals surface area contributed by atoms with E-state index in [1.54, 1.807) is 0 Å². The Morgan fingerprint density at radius 2 is 1.91 bits per heavy atom. The summed E-state index contributed by atoms with van der Waals surface area (Å²) in [6, 6.07) is 4.16. The molecule has 0 saturated heterocycles. The lowest BCUT2D eigenvalue weighted by atomic mass is 9.99. The molecule has 0 spiro atoms. The van der Waals surface area contributed by atoms with Crippen LogP contribution in [0.5, 0.6) is 0 Å². The minimum atomic E-state index is -4.73. The molecular weight excluding hydrogens is 335 g/mol. The maximum atomic E-state index is 12.9. The lowest BCUT2D eigenvalue weighted by Gasteiger charge is -2.23. The zero-order valence-corrected chi connectivity index (χ0v) is 12.6. The predicted molar refractivity (Wildman–Crippen MR) is 77.3 cm³/mol. The molecule has 0 radical (unpaired) electrons. The van der Waals surface area contributed by atoms with Crippen LogP contribution in [0.2, 0.25) is 0 Å². The van der Waals surface area contributed by atoms with Gasteiger partial charge in [-0.3, -0.25) is 4.72 Å². The molecule has 0 fully saturated rings. The van der Waals surface area contributed by atoms with Gasteiger partial charge in [0.2, 0.25) is 10.0 Å². The van der Waals surface area contributed by atoms with E-state index in [0.29, 0.717) is 12.8 Å². The van der Waals surface area contributed by atoms with Gasteiger partial charge in [0.25, 0.3) is 0 Å². The molecule has 0 saturated carbocycles. The number of hydrogen-bond donors (Lipinski definition) is 2. The van der Waals surface area contributed by atoms with E-state index in [2.05, 4.69) is 0 Å². The van der Waals surface area contributed by atoms with Crippen molar-refractivity contribution in [3.8, 4) is 0 Å². The van der Waals surface area contributed by atoms with Crippen LogP contribution in [0.4, 0.5) is 18.9 Å². The Balaban J connectivity index is 2.38. The normalized spacial score (nSPS) is 19.1. The van der Waals surface area contributed by atoms with Gasteiger partial charge in [-0.25, -0.2) is 13.2 Å². The average Bonchev–Trinajstić information content (AvgIpc) is 2.46. The van der Waals surface area contributed by atoms with Crippen LogP contribution in [0.1, 0.15) is 24.8 Å². The molecule has 0 amide bonds. The summed E-state index contributed by atoms with van der Waals surface area (Å²) in [6.07, 6.45) is -2.51. The van der Waals surface area contributed by atoms with Crippen molar-refractivity contribution in [2.45, 2.75) is 30.7 Å². The molecule has 1 aliphatic rings. The number of carbonyl (C=O) groups is 1. The van der Waals surface area contributed by atoms with Crippen molar-refractivity contribution in [3.05, 3.63) is 41.5 Å². The summed E-state index contributed by atoms with van der Waals surface area (Å²) in [5.41, 5.74) is -2.05. The summed E-state index contributed by atoms with van der Waals surface area (Å²) in [5.74, 6) is -1.39. The summed E-state index contributed by atoms with van der Waals surface area (Å²) < 4.78 is 65.4. The summed E-state index contributed by atoms with van der Waals surface area (Å²) >= 11 is 0. The summed E-state index contributed by atoms with van der Waals surface area (Å²) in [4.78, 5) is 11.1. The molecule has 1 aromatic carbocycles. The minimum absolute atomic E-state index is 0.0433. The number of carboxylic acids is 1. The summed E-state index contributed by atoms with van der Waals surface area (Å²) in [7, 11) is -4.31. The number of para-hydroxylation sites is 1. The number of benzene rings is 1. The highest BCUT2D eigenvalue weighted by atomic mass is 32.2. The van der Waals surface area contributed by atoms with Crippen LogP contribution in [0.3, 0.4) is 0 Å². The first-order valence-electron chi connectivity index (χ1n) is 6.74. The van der Waals surface area contributed by atoms with Crippen molar-refractivity contribution in [2.24, 2.45) is 0 Å². The molecule has 126 valence electrons. The maximum absolute atomic E-state index is 12.9. The molecule has 23 heavy (non-hydrogen) atoms. The first-order valence-corrected chi connectivity index (χ1v) is 8.29. The second-order valence-electron chi connectivity index (χ2n) is 5.07. The quantitative estimate of drug-likeness (QED) is 0.875. The number of anilines is 1. The lowest BCUT2D eigenvalue weighted by Crippen LogP contribution is -2.34. The van der Waals surface area contributed by atoms with Crippen LogP contribution in [-0.4, -0.2) is 24.7 Å². The van der Waals surface area contributed by atoms with Crippen molar-refractivity contribution in [3.63, 3.8) is 0 Å². The number of aliphatic carboxylic acids is 1. The van der Waals surface area contributed by atoms with Crippen LogP contribution in [0, 0.1) is 0 Å². The summed E-state index contributed by atoms with van der Waals surface area (Å²) in [6.45, 7) is 0. The largest absolute Gasteiger partial charge is 0.478 e. The Morgan fingerprint density at radius 1 is 1.26 bits per heavy atom. The molecule has 9 heteroatoms. The number of alkyl halides is 3. The maximum Gasteiger partial charge on any atom is 0.418 e. The molecule has 2 N–H and O–H groups in total. The summed E-state index contributed by atoms with van der Waals surface area (Å²) in [5, 5.41) is 7.70. The highest BCUT2D eigenvalue weighted by Gasteiger charge is 2.38. The fourth-order valence-electron chi connectivity index (χ4n) is 2.44. The molecule has 1 unspecified atom stereocenters. The van der Waals surface area contributed by atoms with Crippen LogP contribution >= 0.6 is 0 Å². The first kappa shape index (κ1) is 17.3. The van der Waals surface area contributed by atoms with Gasteiger partial charge in [0.05, 0.1) is 16.8 Å². The van der Waals surface area contributed by atoms with Gasteiger partial charge in [-0.05, 0) is 31.4 Å². The Bertz CT molecular complexity index is 741. The van der Waals surface area contributed by atoms with Gasteiger partial charge in [0, 0.05) is 0 Å². The second kappa shape index (κ2) is 6.23.